The van der Waals surface area contributed by atoms with Crippen LogP contribution in [0.15, 0.2) is 36.3 Å². The van der Waals surface area contributed by atoms with Crippen molar-refractivity contribution in [2.24, 2.45) is 0 Å². The van der Waals surface area contributed by atoms with E-state index in [1.165, 1.54) is 5.56 Å². The molecule has 0 fully saturated rings. The number of carbonyl (C=O) groups excluding carboxylic acids is 1. The standard InChI is InChI=1S/C12H17NOS.C2H4/c1-9(2)13(8-14)11-6-5-10(3)7-12(11)15-4;1-2/h5-9H,1-4H3;1-2H2. The number of aryl methyl sites for hydroxylation is 1. The topological polar surface area (TPSA) is 20.3 Å². The smallest absolute Gasteiger partial charge is 0.214 e. The third-order valence-corrected chi connectivity index (χ3v) is 3.05. The molecule has 0 saturated carbocycles. The van der Waals surface area contributed by atoms with E-state index in [2.05, 4.69) is 26.1 Å². The van der Waals surface area contributed by atoms with Gasteiger partial charge in [-0.05, 0) is 44.7 Å². The third kappa shape index (κ3) is 4.27. The van der Waals surface area contributed by atoms with Crippen molar-refractivity contribution >= 4 is 23.9 Å². The predicted octanol–water partition coefficient (Wildman–Crippen LogP) is 3.89. The van der Waals surface area contributed by atoms with Crippen molar-refractivity contribution in [1.82, 2.24) is 0 Å². The lowest BCUT2D eigenvalue weighted by molar-refractivity contribution is -0.107. The Bertz CT molecular complexity index is 363. The van der Waals surface area contributed by atoms with E-state index in [0.29, 0.717) is 0 Å². The van der Waals surface area contributed by atoms with Gasteiger partial charge < -0.3 is 4.90 Å². The van der Waals surface area contributed by atoms with E-state index < -0.39 is 0 Å². The van der Waals surface area contributed by atoms with Crippen molar-refractivity contribution in [3.05, 3.63) is 36.9 Å². The normalized spacial score (nSPS) is 9.47. The van der Waals surface area contributed by atoms with Crippen LogP contribution in [0.3, 0.4) is 0 Å². The Morgan fingerprint density at radius 3 is 2.35 bits per heavy atom. The molecule has 0 N–H and O–H groups in total. The number of benzene rings is 1. The van der Waals surface area contributed by atoms with Crippen LogP contribution in [-0.4, -0.2) is 18.7 Å². The van der Waals surface area contributed by atoms with Gasteiger partial charge in [-0.25, -0.2) is 0 Å². The summed E-state index contributed by atoms with van der Waals surface area (Å²) in [6.45, 7) is 12.1. The van der Waals surface area contributed by atoms with Gasteiger partial charge in [0.25, 0.3) is 0 Å². The minimum atomic E-state index is 0.191. The van der Waals surface area contributed by atoms with Crippen LogP contribution in [-0.2, 0) is 4.79 Å². The van der Waals surface area contributed by atoms with E-state index in [9.17, 15) is 4.79 Å². The van der Waals surface area contributed by atoms with Gasteiger partial charge in [0.2, 0.25) is 6.41 Å². The minimum Gasteiger partial charge on any atom is -0.311 e. The third-order valence-electron chi connectivity index (χ3n) is 2.28. The number of anilines is 1. The average molecular weight is 251 g/mol. The number of hydrogen-bond acceptors (Lipinski definition) is 2. The van der Waals surface area contributed by atoms with Crippen LogP contribution in [0, 0.1) is 6.92 Å². The van der Waals surface area contributed by atoms with Gasteiger partial charge in [-0.3, -0.25) is 4.79 Å². The number of nitrogens with zero attached hydrogens (tertiary/aromatic N) is 1. The largest absolute Gasteiger partial charge is 0.311 e. The van der Waals surface area contributed by atoms with Crippen molar-refractivity contribution in [2.75, 3.05) is 11.2 Å². The molecule has 0 aliphatic carbocycles. The Morgan fingerprint density at radius 2 is 1.94 bits per heavy atom. The Hall–Kier alpha value is -1.22. The van der Waals surface area contributed by atoms with E-state index in [-0.39, 0.29) is 6.04 Å². The molecule has 1 rings (SSSR count). The summed E-state index contributed by atoms with van der Waals surface area (Å²) in [6, 6.07) is 6.35. The van der Waals surface area contributed by atoms with Crippen LogP contribution < -0.4 is 4.90 Å². The fraction of sp³-hybridized carbons (Fsp3) is 0.357. The first kappa shape index (κ1) is 15.8. The summed E-state index contributed by atoms with van der Waals surface area (Å²) in [5.74, 6) is 0. The van der Waals surface area contributed by atoms with Crippen molar-refractivity contribution < 1.29 is 4.79 Å². The molecule has 3 heteroatoms. The molecule has 1 aromatic rings. The van der Waals surface area contributed by atoms with E-state index >= 15 is 0 Å². The Kier molecular flexibility index (Phi) is 7.39. The highest BCUT2D eigenvalue weighted by molar-refractivity contribution is 7.98. The van der Waals surface area contributed by atoms with Crippen LogP contribution in [0.5, 0.6) is 0 Å². The van der Waals surface area contributed by atoms with Gasteiger partial charge in [-0.1, -0.05) is 6.07 Å². The van der Waals surface area contributed by atoms with Crippen LogP contribution in [0.1, 0.15) is 19.4 Å². The summed E-state index contributed by atoms with van der Waals surface area (Å²) >= 11 is 1.67. The molecule has 94 valence electrons. The Morgan fingerprint density at radius 1 is 1.35 bits per heavy atom. The molecule has 0 spiro atoms. The second-order valence-electron chi connectivity index (χ2n) is 3.78. The fourth-order valence-electron chi connectivity index (χ4n) is 1.45. The first-order valence-corrected chi connectivity index (χ1v) is 6.71. The lowest BCUT2D eigenvalue weighted by Crippen LogP contribution is -2.29. The number of carbonyl (C=O) groups is 1. The van der Waals surface area contributed by atoms with Crippen molar-refractivity contribution in [1.29, 1.82) is 0 Å². The molecule has 2 nitrogen and oxygen atoms in total. The monoisotopic (exact) mass is 251 g/mol. The van der Waals surface area contributed by atoms with Gasteiger partial charge in [-0.15, -0.1) is 24.9 Å². The molecule has 1 aromatic carbocycles. The fourth-order valence-corrected chi connectivity index (χ4v) is 2.14. The molecule has 0 unspecified atom stereocenters. The van der Waals surface area contributed by atoms with Crippen LogP contribution in [0.4, 0.5) is 5.69 Å². The molecule has 0 radical (unpaired) electrons. The molecule has 17 heavy (non-hydrogen) atoms. The number of hydrogen-bond donors (Lipinski definition) is 0. The number of amides is 1. The van der Waals surface area contributed by atoms with Gasteiger partial charge in [-0.2, -0.15) is 0 Å². The molecule has 0 aliphatic rings. The molecule has 0 atom stereocenters. The number of thioether (sulfide) groups is 1. The van der Waals surface area contributed by atoms with E-state index in [1.807, 2.05) is 32.2 Å². The summed E-state index contributed by atoms with van der Waals surface area (Å²) in [6.07, 6.45) is 2.93. The van der Waals surface area contributed by atoms with Crippen molar-refractivity contribution in [2.45, 2.75) is 31.7 Å². The maximum absolute atomic E-state index is 11.0. The summed E-state index contributed by atoms with van der Waals surface area (Å²) in [5, 5.41) is 0. The van der Waals surface area contributed by atoms with Crippen LogP contribution in [0.25, 0.3) is 0 Å². The van der Waals surface area contributed by atoms with Gasteiger partial charge in [0.1, 0.15) is 0 Å². The lowest BCUT2D eigenvalue weighted by Gasteiger charge is -2.24. The molecule has 0 heterocycles. The van der Waals surface area contributed by atoms with Gasteiger partial charge in [0, 0.05) is 10.9 Å². The zero-order valence-corrected chi connectivity index (χ0v) is 11.9. The molecule has 0 bridgehead atoms. The SMILES string of the molecule is C=C.CSc1cc(C)ccc1N(C=O)C(C)C. The highest BCUT2D eigenvalue weighted by Gasteiger charge is 2.12. The van der Waals surface area contributed by atoms with Crippen molar-refractivity contribution in [3.8, 4) is 0 Å². The van der Waals surface area contributed by atoms with Gasteiger partial charge in [0.05, 0.1) is 5.69 Å². The van der Waals surface area contributed by atoms with Gasteiger partial charge in [0.15, 0.2) is 0 Å². The molecule has 0 aromatic heterocycles. The summed E-state index contributed by atoms with van der Waals surface area (Å²) < 4.78 is 0. The molecular formula is C14H21NOS. The first-order chi connectivity index (χ1) is 8.10. The van der Waals surface area contributed by atoms with E-state index in [1.54, 1.807) is 16.7 Å². The van der Waals surface area contributed by atoms with Crippen LogP contribution in [0.2, 0.25) is 0 Å². The number of rotatable bonds is 4. The van der Waals surface area contributed by atoms with E-state index in [0.717, 1.165) is 17.0 Å². The highest BCUT2D eigenvalue weighted by Crippen LogP contribution is 2.30. The van der Waals surface area contributed by atoms with Crippen LogP contribution >= 0.6 is 11.8 Å². The molecule has 1 amide bonds. The Balaban J connectivity index is 0.00000121. The minimum absolute atomic E-state index is 0.191. The predicted molar refractivity (Wildman–Crippen MR) is 77.9 cm³/mol. The second-order valence-corrected chi connectivity index (χ2v) is 4.63. The second kappa shape index (κ2) is 7.96. The maximum Gasteiger partial charge on any atom is 0.214 e. The van der Waals surface area contributed by atoms with Crippen molar-refractivity contribution in [3.63, 3.8) is 0 Å². The summed E-state index contributed by atoms with van der Waals surface area (Å²) in [4.78, 5) is 13.9. The maximum atomic E-state index is 11.0. The average Bonchev–Trinajstić information content (AvgIpc) is 2.34. The highest BCUT2D eigenvalue weighted by atomic mass is 32.2. The van der Waals surface area contributed by atoms with Gasteiger partial charge >= 0.3 is 0 Å². The Labute approximate surface area is 109 Å². The zero-order valence-electron chi connectivity index (χ0n) is 11.1. The molecule has 0 saturated heterocycles. The summed E-state index contributed by atoms with van der Waals surface area (Å²) in [5.41, 5.74) is 2.22. The zero-order chi connectivity index (χ0) is 13.4. The molecule has 0 aliphatic heterocycles. The summed E-state index contributed by atoms with van der Waals surface area (Å²) in [7, 11) is 0. The van der Waals surface area contributed by atoms with E-state index in [4.69, 9.17) is 0 Å². The molecular weight excluding hydrogens is 230 g/mol. The lowest BCUT2D eigenvalue weighted by atomic mass is 10.2. The quantitative estimate of drug-likeness (QED) is 0.459. The first-order valence-electron chi connectivity index (χ1n) is 5.48.